The Morgan fingerprint density at radius 2 is 1.74 bits per heavy atom. The summed E-state index contributed by atoms with van der Waals surface area (Å²) < 4.78 is 9.33. The molecule has 0 saturated carbocycles. The number of anilines is 1. The number of rotatable bonds is 8. The number of hydrogen-bond donors (Lipinski definition) is 1. The first-order valence-electron chi connectivity index (χ1n) is 13.5. The van der Waals surface area contributed by atoms with E-state index in [1.54, 1.807) is 25.8 Å². The van der Waals surface area contributed by atoms with Gasteiger partial charge in [-0.05, 0) is 59.2 Å². The van der Waals surface area contributed by atoms with Gasteiger partial charge in [0.1, 0.15) is 0 Å². The lowest BCUT2D eigenvalue weighted by Crippen LogP contribution is -2.31. The van der Waals surface area contributed by atoms with Gasteiger partial charge in [-0.15, -0.1) is 0 Å². The van der Waals surface area contributed by atoms with Gasteiger partial charge in [-0.25, -0.2) is 14.6 Å². The zero-order valence-corrected chi connectivity index (χ0v) is 24.6. The molecular weight excluding hydrogens is 548 g/mol. The normalized spacial score (nSPS) is 12.8. The number of aromatic nitrogens is 5. The van der Waals surface area contributed by atoms with E-state index in [1.807, 2.05) is 114 Å². The molecule has 3 aromatic carbocycles. The maximum absolute atomic E-state index is 12.5. The van der Waals surface area contributed by atoms with Crippen LogP contribution in [-0.2, 0) is 19.1 Å². The zero-order chi connectivity index (χ0) is 29.4. The summed E-state index contributed by atoms with van der Waals surface area (Å²) >= 11 is 7.13. The van der Waals surface area contributed by atoms with Crippen LogP contribution >= 0.6 is 11.6 Å². The van der Waals surface area contributed by atoms with Crippen LogP contribution in [0.3, 0.4) is 0 Å². The second kappa shape index (κ2) is 11.0. The second-order valence-corrected chi connectivity index (χ2v) is 10.9. The number of benzene rings is 3. The van der Waals surface area contributed by atoms with E-state index in [0.717, 1.165) is 27.9 Å². The van der Waals surface area contributed by atoms with Gasteiger partial charge < -0.3 is 19.3 Å². The highest BCUT2D eigenvalue weighted by molar-refractivity contribution is 6.36. The van der Waals surface area contributed by atoms with Gasteiger partial charge in [0.2, 0.25) is 5.88 Å². The minimum atomic E-state index is -1.49. The molecule has 212 valence electrons. The van der Waals surface area contributed by atoms with Crippen LogP contribution in [0.25, 0.3) is 16.6 Å². The first kappa shape index (κ1) is 27.5. The van der Waals surface area contributed by atoms with Crippen molar-refractivity contribution in [3.63, 3.8) is 0 Å². The van der Waals surface area contributed by atoms with Crippen LogP contribution in [0.4, 0.5) is 5.69 Å². The van der Waals surface area contributed by atoms with Crippen LogP contribution in [0.1, 0.15) is 27.9 Å². The van der Waals surface area contributed by atoms with E-state index in [1.165, 1.54) is 0 Å². The predicted octanol–water partition coefficient (Wildman–Crippen LogP) is 5.76. The van der Waals surface area contributed by atoms with Gasteiger partial charge >= 0.3 is 0 Å². The van der Waals surface area contributed by atoms with Crippen LogP contribution in [0.5, 0.6) is 5.88 Å². The maximum Gasteiger partial charge on any atom is 0.218 e. The SMILES string of the molecule is COc1nc2ccc(C(O)(c3ccc(N(C)C)cc3)c3cncn3C)cc2c(Cl)c1Cc1ccc(-n2cccn2)cc1. The third kappa shape index (κ3) is 4.78. The number of ether oxygens (including phenoxy) is 1. The topological polar surface area (TPSA) is 81.2 Å². The first-order chi connectivity index (χ1) is 20.3. The Balaban J connectivity index is 1.46. The van der Waals surface area contributed by atoms with Gasteiger partial charge in [-0.2, -0.15) is 5.10 Å². The zero-order valence-electron chi connectivity index (χ0n) is 23.9. The van der Waals surface area contributed by atoms with Gasteiger partial charge in [-0.3, -0.25) is 0 Å². The summed E-state index contributed by atoms with van der Waals surface area (Å²) in [6.45, 7) is 0. The Kier molecular flexibility index (Phi) is 7.18. The molecule has 0 spiro atoms. The van der Waals surface area contributed by atoms with Crippen LogP contribution in [0, 0.1) is 0 Å². The van der Waals surface area contributed by atoms with E-state index < -0.39 is 5.60 Å². The van der Waals surface area contributed by atoms with Gasteiger partial charge in [0.25, 0.3) is 0 Å². The third-order valence-electron chi connectivity index (χ3n) is 7.66. The molecule has 1 atom stereocenters. The third-order valence-corrected chi connectivity index (χ3v) is 8.10. The molecule has 0 saturated heterocycles. The van der Waals surface area contributed by atoms with Crippen molar-refractivity contribution in [2.45, 2.75) is 12.0 Å². The highest BCUT2D eigenvalue weighted by Gasteiger charge is 2.37. The number of halogens is 1. The van der Waals surface area contributed by atoms with Gasteiger partial charge in [-0.1, -0.05) is 41.9 Å². The van der Waals surface area contributed by atoms with Crippen LogP contribution in [0.2, 0.25) is 5.02 Å². The van der Waals surface area contributed by atoms with Gasteiger partial charge in [0.15, 0.2) is 5.60 Å². The lowest BCUT2D eigenvalue weighted by Gasteiger charge is -2.30. The summed E-state index contributed by atoms with van der Waals surface area (Å²) in [5, 5.41) is 18.1. The van der Waals surface area contributed by atoms with Crippen molar-refractivity contribution in [3.05, 3.63) is 131 Å². The van der Waals surface area contributed by atoms with Gasteiger partial charge in [0.05, 0.1) is 41.6 Å². The quantitative estimate of drug-likeness (QED) is 0.247. The fourth-order valence-corrected chi connectivity index (χ4v) is 5.65. The fraction of sp³-hybridized carbons (Fsp3) is 0.182. The molecule has 3 aromatic heterocycles. The molecule has 0 aliphatic rings. The number of hydrogen-bond acceptors (Lipinski definition) is 6. The molecule has 0 aliphatic carbocycles. The van der Waals surface area contributed by atoms with Crippen LogP contribution < -0.4 is 9.64 Å². The van der Waals surface area contributed by atoms with Crippen molar-refractivity contribution < 1.29 is 9.84 Å². The summed E-state index contributed by atoms with van der Waals surface area (Å²) in [7, 11) is 7.44. The number of aliphatic hydroxyl groups is 1. The van der Waals surface area contributed by atoms with E-state index in [-0.39, 0.29) is 0 Å². The molecule has 0 radical (unpaired) electrons. The Bertz CT molecular complexity index is 1850. The van der Waals surface area contributed by atoms with E-state index in [4.69, 9.17) is 21.3 Å². The average molecular weight is 579 g/mol. The summed E-state index contributed by atoms with van der Waals surface area (Å²) in [6, 6.07) is 23.6. The molecule has 0 fully saturated rings. The Hall–Kier alpha value is -4.66. The highest BCUT2D eigenvalue weighted by atomic mass is 35.5. The summed E-state index contributed by atoms with van der Waals surface area (Å²) in [4.78, 5) is 11.1. The number of nitrogens with zero attached hydrogens (tertiary/aromatic N) is 6. The molecule has 9 heteroatoms. The van der Waals surface area contributed by atoms with E-state index >= 15 is 0 Å². The van der Waals surface area contributed by atoms with Crippen molar-refractivity contribution in [1.29, 1.82) is 0 Å². The fourth-order valence-electron chi connectivity index (χ4n) is 5.35. The van der Waals surface area contributed by atoms with Crippen molar-refractivity contribution >= 4 is 28.2 Å². The van der Waals surface area contributed by atoms with Crippen molar-refractivity contribution in [3.8, 4) is 11.6 Å². The number of methoxy groups -OCH3 is 1. The molecule has 42 heavy (non-hydrogen) atoms. The van der Waals surface area contributed by atoms with Crippen molar-refractivity contribution in [2.24, 2.45) is 7.05 Å². The highest BCUT2D eigenvalue weighted by Crippen LogP contribution is 2.41. The Labute approximate surface area is 249 Å². The Morgan fingerprint density at radius 3 is 2.36 bits per heavy atom. The lowest BCUT2D eigenvalue weighted by molar-refractivity contribution is 0.117. The maximum atomic E-state index is 12.5. The van der Waals surface area contributed by atoms with Crippen molar-refractivity contribution in [1.82, 2.24) is 24.3 Å². The molecule has 0 bridgehead atoms. The molecule has 0 amide bonds. The molecule has 1 N–H and O–H groups in total. The molecule has 8 nitrogen and oxygen atoms in total. The first-order valence-corrected chi connectivity index (χ1v) is 13.9. The molecule has 0 aliphatic heterocycles. The minimum absolute atomic E-state index is 0.470. The number of imidazole rings is 1. The predicted molar refractivity (Wildman–Crippen MR) is 166 cm³/mol. The molecule has 6 aromatic rings. The standard InChI is InChI=1S/C33H31ClN6O2/c1-38(2)25-13-8-23(9-14-25)33(41,30-20-35-21-39(30)3)24-10-15-29-27(19-24)31(34)28(32(37-29)42-4)18-22-6-11-26(12-7-22)40-17-5-16-36-40/h5-17,19-21,41H,18H2,1-4H3. The van der Waals surface area contributed by atoms with Crippen LogP contribution in [0.15, 0.2) is 97.7 Å². The average Bonchev–Trinajstić information content (AvgIpc) is 3.71. The molecule has 1 unspecified atom stereocenters. The monoisotopic (exact) mass is 578 g/mol. The molecular formula is C33H31ClN6O2. The summed E-state index contributed by atoms with van der Waals surface area (Å²) in [5.41, 5.74) is 5.01. The molecule has 6 rings (SSSR count). The van der Waals surface area contributed by atoms with Crippen molar-refractivity contribution in [2.75, 3.05) is 26.1 Å². The van der Waals surface area contributed by atoms with Gasteiger partial charge in [0, 0.05) is 56.6 Å². The van der Waals surface area contributed by atoms with E-state index in [0.29, 0.717) is 39.7 Å². The number of fused-ring (bicyclic) bond motifs is 1. The van der Waals surface area contributed by atoms with E-state index in [2.05, 4.69) is 10.1 Å². The lowest BCUT2D eigenvalue weighted by atomic mass is 9.83. The summed E-state index contributed by atoms with van der Waals surface area (Å²) in [5.74, 6) is 0.470. The molecule has 3 heterocycles. The second-order valence-electron chi connectivity index (χ2n) is 10.5. The largest absolute Gasteiger partial charge is 0.481 e. The smallest absolute Gasteiger partial charge is 0.218 e. The van der Waals surface area contributed by atoms with Crippen LogP contribution in [-0.4, -0.2) is 50.6 Å². The van der Waals surface area contributed by atoms with E-state index in [9.17, 15) is 5.11 Å². The number of pyridine rings is 1. The summed E-state index contributed by atoms with van der Waals surface area (Å²) in [6.07, 6.45) is 7.55. The Morgan fingerprint density at radius 1 is 1.00 bits per heavy atom. The minimum Gasteiger partial charge on any atom is -0.481 e. The number of aryl methyl sites for hydroxylation is 1.